The minimum absolute atomic E-state index is 0.216. The maximum Gasteiger partial charge on any atom is 0.213 e. The molecule has 0 saturated heterocycles. The van der Waals surface area contributed by atoms with Gasteiger partial charge in [0.25, 0.3) is 0 Å². The van der Waals surface area contributed by atoms with Gasteiger partial charge in [0.15, 0.2) is 17.6 Å². The number of hydrogen-bond donors (Lipinski definition) is 0. The van der Waals surface area contributed by atoms with Crippen LogP contribution in [0.1, 0.15) is 17.4 Å². The van der Waals surface area contributed by atoms with Crippen molar-refractivity contribution in [1.82, 2.24) is 4.98 Å². The van der Waals surface area contributed by atoms with Gasteiger partial charge in [-0.2, -0.15) is 0 Å². The van der Waals surface area contributed by atoms with Gasteiger partial charge in [-0.25, -0.2) is 4.98 Å². The molecule has 0 radical (unpaired) electrons. The van der Waals surface area contributed by atoms with Gasteiger partial charge in [-0.05, 0) is 25.1 Å². The lowest BCUT2D eigenvalue weighted by Crippen LogP contribution is -2.23. The Hall–Kier alpha value is -2.43. The third kappa shape index (κ3) is 2.46. The van der Waals surface area contributed by atoms with Crippen LogP contribution in [0.2, 0.25) is 0 Å². The Kier molecular flexibility index (Phi) is 3.56. The third-order valence-corrected chi connectivity index (χ3v) is 3.47. The van der Waals surface area contributed by atoms with Gasteiger partial charge in [0.05, 0.1) is 14.2 Å². The number of aryl methyl sites for hydroxylation is 1. The van der Waals surface area contributed by atoms with Crippen molar-refractivity contribution in [3.63, 3.8) is 0 Å². The second-order valence-corrected chi connectivity index (χ2v) is 4.73. The Balaban J connectivity index is 1.92. The minimum Gasteiger partial charge on any atom is -0.493 e. The highest BCUT2D eigenvalue weighted by Crippen LogP contribution is 2.43. The number of pyridine rings is 1. The largest absolute Gasteiger partial charge is 0.493 e. The first-order chi connectivity index (χ1) is 10.2. The van der Waals surface area contributed by atoms with E-state index < -0.39 is 0 Å². The van der Waals surface area contributed by atoms with Gasteiger partial charge < -0.3 is 18.9 Å². The minimum atomic E-state index is -0.216. The molecule has 21 heavy (non-hydrogen) atoms. The Morgan fingerprint density at radius 2 is 2.00 bits per heavy atom. The second kappa shape index (κ2) is 5.52. The molecule has 3 rings (SSSR count). The molecule has 1 aromatic carbocycles. The van der Waals surface area contributed by atoms with Crippen LogP contribution in [-0.4, -0.2) is 25.8 Å². The van der Waals surface area contributed by atoms with Crippen LogP contribution in [0.15, 0.2) is 30.3 Å². The molecule has 5 nitrogen and oxygen atoms in total. The second-order valence-electron chi connectivity index (χ2n) is 4.73. The lowest BCUT2D eigenvalue weighted by Gasteiger charge is -2.28. The van der Waals surface area contributed by atoms with Crippen LogP contribution in [0.3, 0.4) is 0 Å². The smallest absolute Gasteiger partial charge is 0.213 e. The molecule has 0 fully saturated rings. The summed E-state index contributed by atoms with van der Waals surface area (Å²) in [5.74, 6) is 2.58. The fourth-order valence-electron chi connectivity index (χ4n) is 2.38. The highest BCUT2D eigenvalue weighted by atomic mass is 16.6. The SMILES string of the molecule is COc1ccc(C2COc3cccc(OC)c3O2)c(C)n1. The molecule has 0 saturated carbocycles. The maximum absolute atomic E-state index is 6.06. The van der Waals surface area contributed by atoms with Crippen molar-refractivity contribution in [3.8, 4) is 23.1 Å². The van der Waals surface area contributed by atoms with Gasteiger partial charge in [-0.15, -0.1) is 0 Å². The lowest BCUT2D eigenvalue weighted by atomic mass is 10.1. The van der Waals surface area contributed by atoms with Crippen LogP contribution in [-0.2, 0) is 0 Å². The Morgan fingerprint density at radius 1 is 1.14 bits per heavy atom. The quantitative estimate of drug-likeness (QED) is 0.868. The van der Waals surface area contributed by atoms with Crippen LogP contribution in [0, 0.1) is 6.92 Å². The number of fused-ring (bicyclic) bond motifs is 1. The first-order valence-electron chi connectivity index (χ1n) is 6.71. The predicted molar refractivity (Wildman–Crippen MR) is 77.4 cm³/mol. The Labute approximate surface area is 123 Å². The van der Waals surface area contributed by atoms with Gasteiger partial charge >= 0.3 is 0 Å². The van der Waals surface area contributed by atoms with Crippen molar-refractivity contribution >= 4 is 0 Å². The summed E-state index contributed by atoms with van der Waals surface area (Å²) in [4.78, 5) is 4.38. The van der Waals surface area contributed by atoms with Crippen molar-refractivity contribution in [2.75, 3.05) is 20.8 Å². The van der Waals surface area contributed by atoms with E-state index in [9.17, 15) is 0 Å². The average Bonchev–Trinajstić information content (AvgIpc) is 2.53. The molecule has 5 heteroatoms. The fraction of sp³-hybridized carbons (Fsp3) is 0.312. The first kappa shape index (κ1) is 13.5. The molecule has 1 atom stereocenters. The monoisotopic (exact) mass is 287 g/mol. The average molecular weight is 287 g/mol. The van der Waals surface area contributed by atoms with Crippen molar-refractivity contribution in [2.24, 2.45) is 0 Å². The van der Waals surface area contributed by atoms with Crippen LogP contribution >= 0.6 is 0 Å². The number of hydrogen-bond acceptors (Lipinski definition) is 5. The Morgan fingerprint density at radius 3 is 2.71 bits per heavy atom. The normalized spacial score (nSPS) is 16.4. The summed E-state index contributed by atoms with van der Waals surface area (Å²) in [7, 11) is 3.21. The molecule has 0 aliphatic carbocycles. The van der Waals surface area contributed by atoms with Crippen molar-refractivity contribution in [1.29, 1.82) is 0 Å². The molecule has 1 aliphatic rings. The van der Waals surface area contributed by atoms with Crippen molar-refractivity contribution in [3.05, 3.63) is 41.6 Å². The molecule has 1 aromatic heterocycles. The molecular formula is C16H17NO4. The zero-order chi connectivity index (χ0) is 14.8. The number of methoxy groups -OCH3 is 2. The van der Waals surface area contributed by atoms with Crippen molar-refractivity contribution in [2.45, 2.75) is 13.0 Å². The molecule has 2 heterocycles. The number of benzene rings is 1. The highest BCUT2D eigenvalue weighted by Gasteiger charge is 2.27. The van der Waals surface area contributed by atoms with E-state index in [0.717, 1.165) is 11.3 Å². The van der Waals surface area contributed by atoms with Crippen molar-refractivity contribution < 1.29 is 18.9 Å². The fourth-order valence-corrected chi connectivity index (χ4v) is 2.38. The van der Waals surface area contributed by atoms with E-state index in [1.54, 1.807) is 14.2 Å². The summed E-state index contributed by atoms with van der Waals surface area (Å²) in [5, 5.41) is 0. The maximum atomic E-state index is 6.06. The van der Waals surface area contributed by atoms with Crippen LogP contribution in [0.25, 0.3) is 0 Å². The van der Waals surface area contributed by atoms with Crippen LogP contribution in [0.4, 0.5) is 0 Å². The number of rotatable bonds is 3. The number of para-hydroxylation sites is 1. The standard InChI is InChI=1S/C16H17NO4/c1-10-11(7-8-15(17-10)19-3)14-9-20-13-6-4-5-12(18-2)16(13)21-14/h4-8,14H,9H2,1-3H3. The molecular weight excluding hydrogens is 270 g/mol. The summed E-state index contributed by atoms with van der Waals surface area (Å²) >= 11 is 0. The zero-order valence-electron chi connectivity index (χ0n) is 12.3. The summed E-state index contributed by atoms with van der Waals surface area (Å²) in [5.41, 5.74) is 1.84. The van der Waals surface area contributed by atoms with E-state index in [4.69, 9.17) is 18.9 Å². The van der Waals surface area contributed by atoms with Gasteiger partial charge in [-0.1, -0.05) is 6.07 Å². The van der Waals surface area contributed by atoms with Gasteiger partial charge in [0.2, 0.25) is 11.6 Å². The number of ether oxygens (including phenoxy) is 4. The van der Waals surface area contributed by atoms with Gasteiger partial charge in [-0.3, -0.25) is 0 Å². The lowest BCUT2D eigenvalue weighted by molar-refractivity contribution is 0.0863. The summed E-state index contributed by atoms with van der Waals surface area (Å²) in [6, 6.07) is 9.37. The molecule has 0 amide bonds. The molecule has 2 aromatic rings. The van der Waals surface area contributed by atoms with E-state index in [2.05, 4.69) is 4.98 Å². The number of aromatic nitrogens is 1. The molecule has 110 valence electrons. The van der Waals surface area contributed by atoms with E-state index in [1.807, 2.05) is 37.3 Å². The molecule has 0 spiro atoms. The first-order valence-corrected chi connectivity index (χ1v) is 6.71. The van der Waals surface area contributed by atoms with Crippen LogP contribution in [0.5, 0.6) is 23.1 Å². The molecule has 1 aliphatic heterocycles. The summed E-state index contributed by atoms with van der Waals surface area (Å²) in [6.45, 7) is 2.37. The predicted octanol–water partition coefficient (Wildman–Crippen LogP) is 2.92. The van der Waals surface area contributed by atoms with E-state index in [1.165, 1.54) is 0 Å². The highest BCUT2D eigenvalue weighted by molar-refractivity contribution is 5.52. The summed E-state index contributed by atoms with van der Waals surface area (Å²) in [6.07, 6.45) is -0.216. The van der Waals surface area contributed by atoms with Gasteiger partial charge in [0, 0.05) is 17.3 Å². The molecule has 0 bridgehead atoms. The third-order valence-electron chi connectivity index (χ3n) is 3.47. The topological polar surface area (TPSA) is 49.8 Å². The Bertz CT molecular complexity index is 642. The van der Waals surface area contributed by atoms with E-state index in [-0.39, 0.29) is 6.10 Å². The number of nitrogens with zero attached hydrogens (tertiary/aromatic N) is 1. The van der Waals surface area contributed by atoms with Crippen LogP contribution < -0.4 is 18.9 Å². The molecule has 1 unspecified atom stereocenters. The molecule has 0 N–H and O–H groups in total. The van der Waals surface area contributed by atoms with Gasteiger partial charge in [0.1, 0.15) is 6.61 Å². The summed E-state index contributed by atoms with van der Waals surface area (Å²) < 4.78 is 22.3. The zero-order valence-corrected chi connectivity index (χ0v) is 12.3. The van der Waals surface area contributed by atoms with E-state index >= 15 is 0 Å². The van der Waals surface area contributed by atoms with E-state index in [0.29, 0.717) is 29.7 Å².